The fraction of sp³-hybridized carbons (Fsp3) is 0.542. The van der Waals surface area contributed by atoms with Crippen LogP contribution in [0.15, 0.2) is 36.0 Å². The summed E-state index contributed by atoms with van der Waals surface area (Å²) in [5, 5.41) is 24.6. The largest absolute Gasteiger partial charge is 0.490 e. The van der Waals surface area contributed by atoms with E-state index >= 15 is 0 Å². The number of carbonyl (C=O) groups is 3. The van der Waals surface area contributed by atoms with Crippen LogP contribution in [0.1, 0.15) is 23.5 Å². The molecule has 0 aromatic carbocycles. The zero-order valence-corrected chi connectivity index (χ0v) is 23.7. The first-order valence-corrected chi connectivity index (χ1v) is 13.3. The highest BCUT2D eigenvalue weighted by Crippen LogP contribution is 2.31. The van der Waals surface area contributed by atoms with E-state index in [1.165, 1.54) is 5.01 Å². The Morgan fingerprint density at radius 3 is 1.69 bits per heavy atom. The van der Waals surface area contributed by atoms with Gasteiger partial charge < -0.3 is 20.1 Å². The summed E-state index contributed by atoms with van der Waals surface area (Å²) in [6, 6.07) is 6.15. The van der Waals surface area contributed by atoms with E-state index in [4.69, 9.17) is 34.4 Å². The lowest BCUT2D eigenvalue weighted by Gasteiger charge is -2.47. The van der Waals surface area contributed by atoms with E-state index in [9.17, 15) is 39.5 Å². The second kappa shape index (κ2) is 17.2. The van der Waals surface area contributed by atoms with Crippen LogP contribution >= 0.6 is 11.3 Å². The predicted molar refractivity (Wildman–Crippen MR) is 136 cm³/mol. The molecule has 0 atom stereocenters. The van der Waals surface area contributed by atoms with Crippen LogP contribution in [0.3, 0.4) is 0 Å². The van der Waals surface area contributed by atoms with Crippen LogP contribution in [-0.2, 0) is 32.2 Å². The van der Waals surface area contributed by atoms with Gasteiger partial charge in [0.15, 0.2) is 0 Å². The molecule has 0 radical (unpaired) electrons. The summed E-state index contributed by atoms with van der Waals surface area (Å²) in [6.45, 7) is 6.96. The average Bonchev–Trinajstić information content (AvgIpc) is 3.43. The van der Waals surface area contributed by atoms with Crippen LogP contribution in [0.5, 0.6) is 0 Å². The Balaban J connectivity index is 0.000000396. The van der Waals surface area contributed by atoms with Crippen molar-refractivity contribution in [3.8, 4) is 0 Å². The van der Waals surface area contributed by atoms with E-state index in [0.717, 1.165) is 64.4 Å². The molecular formula is C24H27F9N4O7S. The Morgan fingerprint density at radius 1 is 0.778 bits per heavy atom. The quantitative estimate of drug-likeness (QED) is 0.395. The van der Waals surface area contributed by atoms with Gasteiger partial charge in [0, 0.05) is 50.5 Å². The van der Waals surface area contributed by atoms with Gasteiger partial charge in [-0.2, -0.15) is 39.5 Å². The molecule has 0 unspecified atom stereocenters. The van der Waals surface area contributed by atoms with Gasteiger partial charge in [0.1, 0.15) is 5.01 Å². The van der Waals surface area contributed by atoms with Gasteiger partial charge in [0.2, 0.25) is 0 Å². The van der Waals surface area contributed by atoms with Crippen molar-refractivity contribution < 1.29 is 74.0 Å². The number of pyridine rings is 1. The molecule has 2 saturated heterocycles. The molecule has 2 aromatic heterocycles. The van der Waals surface area contributed by atoms with Crippen LogP contribution < -0.4 is 0 Å². The number of aromatic nitrogens is 2. The minimum Gasteiger partial charge on any atom is -0.475 e. The summed E-state index contributed by atoms with van der Waals surface area (Å²) in [5.41, 5.74) is 1.19. The predicted octanol–water partition coefficient (Wildman–Crippen LogP) is 4.31. The molecule has 1 spiro atoms. The van der Waals surface area contributed by atoms with Crippen molar-refractivity contribution in [1.82, 2.24) is 19.8 Å². The molecule has 0 amide bonds. The number of alkyl halides is 9. The van der Waals surface area contributed by atoms with Gasteiger partial charge in [0.05, 0.1) is 24.4 Å². The minimum atomic E-state index is -5.08. The average molecular weight is 687 g/mol. The van der Waals surface area contributed by atoms with Crippen molar-refractivity contribution in [1.29, 1.82) is 0 Å². The molecule has 2 aliphatic heterocycles. The van der Waals surface area contributed by atoms with Crippen molar-refractivity contribution in [3.63, 3.8) is 0 Å². The van der Waals surface area contributed by atoms with E-state index < -0.39 is 36.4 Å². The van der Waals surface area contributed by atoms with Gasteiger partial charge in [-0.3, -0.25) is 14.8 Å². The van der Waals surface area contributed by atoms with E-state index in [-0.39, 0.29) is 5.60 Å². The number of hydrogen-bond acceptors (Lipinski definition) is 9. The lowest BCUT2D eigenvalue weighted by molar-refractivity contribution is -0.193. The maximum atomic E-state index is 10.6. The molecule has 0 bridgehead atoms. The van der Waals surface area contributed by atoms with Crippen LogP contribution in [-0.4, -0.2) is 110 Å². The molecule has 2 fully saturated rings. The Labute approximate surface area is 252 Å². The Hall–Kier alpha value is -3.56. The Kier molecular flexibility index (Phi) is 15.1. The third-order valence-electron chi connectivity index (χ3n) is 5.78. The maximum Gasteiger partial charge on any atom is 0.490 e. The maximum absolute atomic E-state index is 10.6. The molecule has 11 nitrogen and oxygen atoms in total. The highest BCUT2D eigenvalue weighted by atomic mass is 32.1. The summed E-state index contributed by atoms with van der Waals surface area (Å²) in [6.07, 6.45) is -9.27. The number of carboxylic acid groups (broad SMARTS) is 3. The van der Waals surface area contributed by atoms with E-state index in [0.29, 0.717) is 0 Å². The first-order chi connectivity index (χ1) is 20.6. The molecule has 0 saturated carbocycles. The number of rotatable bonds is 4. The van der Waals surface area contributed by atoms with E-state index in [2.05, 4.69) is 37.3 Å². The number of halogens is 9. The van der Waals surface area contributed by atoms with Crippen LogP contribution in [0.4, 0.5) is 39.5 Å². The first kappa shape index (κ1) is 39.5. The monoisotopic (exact) mass is 686 g/mol. The summed E-state index contributed by atoms with van der Waals surface area (Å²) >= 11 is 1.74. The molecule has 3 N–H and O–H groups in total. The van der Waals surface area contributed by atoms with Gasteiger partial charge in [-0.1, -0.05) is 6.07 Å². The number of hydrogen-bond donors (Lipinski definition) is 3. The van der Waals surface area contributed by atoms with Crippen molar-refractivity contribution >= 4 is 29.2 Å². The standard InChI is InChI=1S/C18H24N4OS.3C2HF3O2/c1-2-6-19-16(3-1)13-21-8-4-18(5-9-21)15-22(10-11-23-18)14-17-20-7-12-24-17;3*3-2(4,5)1(6)7/h1-3,6-7,12H,4-5,8-11,13-15H2;3*(H,6,7). The van der Waals surface area contributed by atoms with Crippen molar-refractivity contribution in [2.24, 2.45) is 0 Å². The highest BCUT2D eigenvalue weighted by Gasteiger charge is 2.41. The Bertz CT molecular complexity index is 1130. The van der Waals surface area contributed by atoms with Gasteiger partial charge in [-0.25, -0.2) is 19.4 Å². The van der Waals surface area contributed by atoms with Crippen molar-refractivity contribution in [2.45, 2.75) is 50.1 Å². The zero-order chi connectivity index (χ0) is 34.5. The molecule has 45 heavy (non-hydrogen) atoms. The van der Waals surface area contributed by atoms with E-state index in [1.807, 2.05) is 18.5 Å². The fourth-order valence-corrected chi connectivity index (χ4v) is 4.38. The summed E-state index contributed by atoms with van der Waals surface area (Å²) in [4.78, 5) is 40.6. The van der Waals surface area contributed by atoms with Crippen LogP contribution in [0, 0.1) is 0 Å². The van der Waals surface area contributed by atoms with Gasteiger partial charge in [-0.15, -0.1) is 11.3 Å². The normalized spacial score (nSPS) is 17.0. The number of morpholine rings is 1. The number of piperidine rings is 1. The summed E-state index contributed by atoms with van der Waals surface area (Å²) < 4.78 is 101. The second-order valence-electron chi connectivity index (χ2n) is 9.17. The fourth-order valence-electron chi connectivity index (χ4n) is 3.72. The van der Waals surface area contributed by atoms with Crippen LogP contribution in [0.2, 0.25) is 0 Å². The third kappa shape index (κ3) is 15.8. The lowest BCUT2D eigenvalue weighted by atomic mass is 9.89. The molecule has 0 aliphatic carbocycles. The summed E-state index contributed by atoms with van der Waals surface area (Å²) in [5.74, 6) is -8.27. The molecule has 21 heteroatoms. The number of thiazole rings is 1. The lowest BCUT2D eigenvalue weighted by Crippen LogP contribution is -2.56. The SMILES string of the molecule is O=C(O)C(F)(F)F.O=C(O)C(F)(F)F.O=C(O)C(F)(F)F.c1ccc(CN2CCC3(CC2)CN(Cc2nccs2)CCO3)nc1. The van der Waals surface area contributed by atoms with Gasteiger partial charge >= 0.3 is 36.4 Å². The molecular weight excluding hydrogens is 659 g/mol. The number of carboxylic acids is 3. The minimum absolute atomic E-state index is 0.0378. The van der Waals surface area contributed by atoms with E-state index in [1.54, 1.807) is 11.3 Å². The zero-order valence-electron chi connectivity index (χ0n) is 22.9. The van der Waals surface area contributed by atoms with Gasteiger partial charge in [-0.05, 0) is 25.0 Å². The van der Waals surface area contributed by atoms with Crippen LogP contribution in [0.25, 0.3) is 0 Å². The highest BCUT2D eigenvalue weighted by molar-refractivity contribution is 7.09. The third-order valence-corrected chi connectivity index (χ3v) is 6.54. The number of nitrogens with zero attached hydrogens (tertiary/aromatic N) is 4. The molecule has 4 heterocycles. The van der Waals surface area contributed by atoms with Gasteiger partial charge in [0.25, 0.3) is 0 Å². The number of aliphatic carboxylic acids is 3. The second-order valence-corrected chi connectivity index (χ2v) is 10.2. The Morgan fingerprint density at radius 2 is 1.29 bits per heavy atom. The number of ether oxygens (including phenoxy) is 1. The van der Waals surface area contributed by atoms with Crippen molar-refractivity contribution in [3.05, 3.63) is 46.7 Å². The molecule has 4 rings (SSSR count). The molecule has 2 aliphatic rings. The van der Waals surface area contributed by atoms with Crippen molar-refractivity contribution in [2.75, 3.05) is 32.8 Å². The molecule has 2 aromatic rings. The number of likely N-dealkylation sites (tertiary alicyclic amines) is 1. The smallest absolute Gasteiger partial charge is 0.475 e. The first-order valence-electron chi connectivity index (χ1n) is 12.4. The molecule has 254 valence electrons. The summed E-state index contributed by atoms with van der Waals surface area (Å²) in [7, 11) is 0. The topological polar surface area (TPSA) is 153 Å².